The van der Waals surface area contributed by atoms with Crippen molar-refractivity contribution in [2.45, 2.75) is 46.2 Å². The molecule has 0 aliphatic carbocycles. The van der Waals surface area contributed by atoms with Crippen LogP contribution in [0.1, 0.15) is 38.1 Å². The molecule has 1 aliphatic heterocycles. The number of aromatic nitrogens is 2. The van der Waals surface area contributed by atoms with Gasteiger partial charge in [0.05, 0.1) is 16.4 Å². The highest BCUT2D eigenvalue weighted by atomic mass is 79.9. The fourth-order valence-electron chi connectivity index (χ4n) is 2.83. The third-order valence-corrected chi connectivity index (χ3v) is 4.85. The maximum Gasteiger partial charge on any atom is 0.0863 e. The highest BCUT2D eigenvalue weighted by Crippen LogP contribution is 2.27. The average molecular weight is 349 g/mol. The van der Waals surface area contributed by atoms with Crippen LogP contribution in [0.2, 0.25) is 5.02 Å². The fraction of sp³-hybridized carbons (Fsp3) is 0.786. The molecule has 19 heavy (non-hydrogen) atoms. The van der Waals surface area contributed by atoms with Crippen molar-refractivity contribution in [3.05, 3.63) is 16.4 Å². The molecule has 108 valence electrons. The molecule has 0 spiro atoms. The van der Waals surface area contributed by atoms with Crippen molar-refractivity contribution in [2.24, 2.45) is 5.92 Å². The molecule has 1 saturated heterocycles. The summed E-state index contributed by atoms with van der Waals surface area (Å²) in [5, 5.41) is 6.59. The van der Waals surface area contributed by atoms with E-state index in [1.165, 1.54) is 31.6 Å². The van der Waals surface area contributed by atoms with Gasteiger partial charge in [0, 0.05) is 25.0 Å². The van der Waals surface area contributed by atoms with Crippen LogP contribution < -0.4 is 0 Å². The van der Waals surface area contributed by atoms with Gasteiger partial charge in [-0.15, -0.1) is 0 Å². The van der Waals surface area contributed by atoms with Gasteiger partial charge in [0.15, 0.2) is 0 Å². The molecule has 1 fully saturated rings. The van der Waals surface area contributed by atoms with Gasteiger partial charge in [-0.2, -0.15) is 5.10 Å². The molecule has 0 aromatic carbocycles. The molecule has 1 aromatic rings. The highest BCUT2D eigenvalue weighted by molar-refractivity contribution is 9.09. The molecule has 0 radical (unpaired) electrons. The van der Waals surface area contributed by atoms with Crippen LogP contribution in [-0.2, 0) is 19.5 Å². The van der Waals surface area contributed by atoms with Gasteiger partial charge in [0.2, 0.25) is 0 Å². The van der Waals surface area contributed by atoms with Crippen LogP contribution in [0.4, 0.5) is 0 Å². The molecule has 1 aliphatic rings. The molecule has 1 aromatic heterocycles. The maximum atomic E-state index is 6.47. The predicted octanol–water partition coefficient (Wildman–Crippen LogP) is 3.73. The van der Waals surface area contributed by atoms with Gasteiger partial charge in [-0.3, -0.25) is 9.58 Å². The number of likely N-dealkylation sites (tertiary alicyclic amines) is 1. The van der Waals surface area contributed by atoms with Gasteiger partial charge in [0.1, 0.15) is 0 Å². The van der Waals surface area contributed by atoms with Gasteiger partial charge >= 0.3 is 0 Å². The summed E-state index contributed by atoms with van der Waals surface area (Å²) in [6.07, 6.45) is 3.49. The summed E-state index contributed by atoms with van der Waals surface area (Å²) >= 11 is 10.0. The van der Waals surface area contributed by atoms with Crippen molar-refractivity contribution in [3.63, 3.8) is 0 Å². The lowest BCUT2D eigenvalue weighted by Crippen LogP contribution is -2.22. The minimum absolute atomic E-state index is 0.835. The number of nitrogens with zero attached hydrogens (tertiary/aromatic N) is 3. The van der Waals surface area contributed by atoms with E-state index in [-0.39, 0.29) is 0 Å². The smallest absolute Gasteiger partial charge is 0.0863 e. The Bertz CT molecular complexity index is 419. The second-order valence-corrected chi connectivity index (χ2v) is 6.42. The lowest BCUT2D eigenvalue weighted by Gasteiger charge is -2.16. The Morgan fingerprint density at radius 1 is 1.42 bits per heavy atom. The summed E-state index contributed by atoms with van der Waals surface area (Å²) in [5.74, 6) is 0.835. The van der Waals surface area contributed by atoms with Crippen LogP contribution >= 0.6 is 27.5 Å². The van der Waals surface area contributed by atoms with E-state index in [4.69, 9.17) is 11.6 Å². The lowest BCUT2D eigenvalue weighted by atomic mass is 10.1. The topological polar surface area (TPSA) is 21.1 Å². The SMILES string of the molecule is CCc1nn(CC)c(CN2CCC(CCBr)C2)c1Cl. The second-order valence-electron chi connectivity index (χ2n) is 5.24. The summed E-state index contributed by atoms with van der Waals surface area (Å²) in [5.41, 5.74) is 2.23. The van der Waals surface area contributed by atoms with E-state index in [1.54, 1.807) is 0 Å². The Hall–Kier alpha value is -0.0600. The van der Waals surface area contributed by atoms with E-state index in [0.29, 0.717) is 0 Å². The Balaban J connectivity index is 2.05. The zero-order chi connectivity index (χ0) is 13.8. The predicted molar refractivity (Wildman–Crippen MR) is 84.1 cm³/mol. The maximum absolute atomic E-state index is 6.47. The van der Waals surface area contributed by atoms with E-state index >= 15 is 0 Å². The third-order valence-electron chi connectivity index (χ3n) is 3.95. The molecule has 1 atom stereocenters. The molecule has 0 bridgehead atoms. The first kappa shape index (κ1) is 15.3. The normalized spacial score (nSPS) is 20.3. The fourth-order valence-corrected chi connectivity index (χ4v) is 3.80. The van der Waals surface area contributed by atoms with Gasteiger partial charge in [-0.1, -0.05) is 34.5 Å². The number of hydrogen-bond acceptors (Lipinski definition) is 2. The van der Waals surface area contributed by atoms with Crippen LogP contribution in [0.25, 0.3) is 0 Å². The van der Waals surface area contributed by atoms with E-state index in [1.807, 2.05) is 0 Å². The number of rotatable bonds is 6. The average Bonchev–Trinajstić information content (AvgIpc) is 2.97. The zero-order valence-electron chi connectivity index (χ0n) is 11.8. The summed E-state index contributed by atoms with van der Waals surface area (Å²) in [6.45, 7) is 8.46. The zero-order valence-corrected chi connectivity index (χ0v) is 14.2. The van der Waals surface area contributed by atoms with Gasteiger partial charge < -0.3 is 0 Å². The van der Waals surface area contributed by atoms with E-state index in [2.05, 4.69) is 44.5 Å². The van der Waals surface area contributed by atoms with E-state index < -0.39 is 0 Å². The van der Waals surface area contributed by atoms with Crippen LogP contribution in [-0.4, -0.2) is 33.1 Å². The standard InChI is InChI=1S/C14H23BrClN3/c1-3-12-14(16)13(19(4-2)17-12)10-18-8-6-11(9-18)5-7-15/h11H,3-10H2,1-2H3. The van der Waals surface area contributed by atoms with Crippen molar-refractivity contribution in [3.8, 4) is 0 Å². The lowest BCUT2D eigenvalue weighted by molar-refractivity contribution is 0.304. The molecule has 2 rings (SSSR count). The van der Waals surface area contributed by atoms with Crippen molar-refractivity contribution in [1.29, 1.82) is 0 Å². The Morgan fingerprint density at radius 2 is 2.21 bits per heavy atom. The Labute approximate surface area is 129 Å². The number of alkyl halides is 1. The number of halogens is 2. The van der Waals surface area contributed by atoms with Gasteiger partial charge in [-0.05, 0) is 38.6 Å². The molecule has 1 unspecified atom stereocenters. The molecule has 3 nitrogen and oxygen atoms in total. The summed E-state index contributed by atoms with van der Waals surface area (Å²) in [7, 11) is 0. The number of aryl methyl sites for hydroxylation is 2. The Morgan fingerprint density at radius 3 is 2.84 bits per heavy atom. The quantitative estimate of drug-likeness (QED) is 0.730. The summed E-state index contributed by atoms with van der Waals surface area (Å²) < 4.78 is 2.07. The second kappa shape index (κ2) is 7.09. The first-order valence-electron chi connectivity index (χ1n) is 7.21. The van der Waals surface area contributed by atoms with Crippen molar-refractivity contribution >= 4 is 27.5 Å². The first-order valence-corrected chi connectivity index (χ1v) is 8.71. The molecule has 5 heteroatoms. The largest absolute Gasteiger partial charge is 0.297 e. The van der Waals surface area contributed by atoms with Crippen LogP contribution in [0.15, 0.2) is 0 Å². The van der Waals surface area contributed by atoms with Gasteiger partial charge in [0.25, 0.3) is 0 Å². The van der Waals surface area contributed by atoms with Crippen LogP contribution in [0.5, 0.6) is 0 Å². The van der Waals surface area contributed by atoms with Crippen LogP contribution in [0, 0.1) is 5.92 Å². The van der Waals surface area contributed by atoms with Crippen molar-refractivity contribution in [1.82, 2.24) is 14.7 Å². The van der Waals surface area contributed by atoms with E-state index in [9.17, 15) is 0 Å². The molecular weight excluding hydrogens is 326 g/mol. The monoisotopic (exact) mass is 347 g/mol. The molecule has 2 heterocycles. The number of hydrogen-bond donors (Lipinski definition) is 0. The van der Waals surface area contributed by atoms with Crippen LogP contribution in [0.3, 0.4) is 0 Å². The highest BCUT2D eigenvalue weighted by Gasteiger charge is 2.24. The molecule has 0 amide bonds. The van der Waals surface area contributed by atoms with E-state index in [0.717, 1.165) is 41.5 Å². The Kier molecular flexibility index (Phi) is 5.72. The first-order chi connectivity index (χ1) is 9.19. The summed E-state index contributed by atoms with van der Waals surface area (Å²) in [6, 6.07) is 0. The minimum Gasteiger partial charge on any atom is -0.297 e. The third kappa shape index (κ3) is 3.53. The molecule has 0 saturated carbocycles. The molecular formula is C14H23BrClN3. The minimum atomic E-state index is 0.835. The summed E-state index contributed by atoms with van der Waals surface area (Å²) in [4.78, 5) is 2.52. The van der Waals surface area contributed by atoms with Gasteiger partial charge in [-0.25, -0.2) is 0 Å². The van der Waals surface area contributed by atoms with Crippen molar-refractivity contribution < 1.29 is 0 Å². The molecule has 0 N–H and O–H groups in total. The van der Waals surface area contributed by atoms with Crippen molar-refractivity contribution in [2.75, 3.05) is 18.4 Å².